The Bertz CT molecular complexity index is 535. The van der Waals surface area contributed by atoms with Crippen molar-refractivity contribution >= 4 is 17.7 Å². The largest absolute Gasteiger partial charge is 0.481 e. The molecule has 1 N–H and O–H groups in total. The summed E-state index contributed by atoms with van der Waals surface area (Å²) in [6.07, 6.45) is 5.92. The number of carboxylic acids is 1. The molecule has 0 fully saturated rings. The van der Waals surface area contributed by atoms with Gasteiger partial charge >= 0.3 is 5.97 Å². The van der Waals surface area contributed by atoms with Crippen LogP contribution in [0.2, 0.25) is 0 Å². The van der Waals surface area contributed by atoms with Crippen LogP contribution in [0.5, 0.6) is 0 Å². The number of carboxylic acid groups (broad SMARTS) is 1. The van der Waals surface area contributed by atoms with Crippen LogP contribution in [0, 0.1) is 0 Å². The molecule has 18 heavy (non-hydrogen) atoms. The van der Waals surface area contributed by atoms with Crippen LogP contribution in [0.4, 0.5) is 0 Å². The van der Waals surface area contributed by atoms with Gasteiger partial charge in [0.2, 0.25) is 5.89 Å². The van der Waals surface area contributed by atoms with Crippen LogP contribution in [-0.4, -0.2) is 31.4 Å². The van der Waals surface area contributed by atoms with E-state index in [0.29, 0.717) is 17.6 Å². The van der Waals surface area contributed by atoms with Crippen LogP contribution >= 0.6 is 11.8 Å². The topological polar surface area (TPSA) is 81.2 Å². The van der Waals surface area contributed by atoms with Crippen molar-refractivity contribution in [2.75, 3.05) is 5.75 Å². The van der Waals surface area contributed by atoms with E-state index in [1.165, 1.54) is 11.8 Å². The van der Waals surface area contributed by atoms with E-state index in [0.717, 1.165) is 12.2 Å². The molecule has 2 aromatic rings. The van der Waals surface area contributed by atoms with Gasteiger partial charge in [-0.3, -0.25) is 4.79 Å². The maximum Gasteiger partial charge on any atom is 0.313 e. The van der Waals surface area contributed by atoms with Crippen LogP contribution in [-0.2, 0) is 17.8 Å². The molecular formula is C11H13N3O3S. The second-order valence-electron chi connectivity index (χ2n) is 3.59. The van der Waals surface area contributed by atoms with Gasteiger partial charge in [0.15, 0.2) is 5.16 Å². The maximum absolute atomic E-state index is 10.5. The summed E-state index contributed by atoms with van der Waals surface area (Å²) in [6.45, 7) is 2.46. The second kappa shape index (κ2) is 5.72. The van der Waals surface area contributed by atoms with E-state index in [1.807, 2.05) is 11.5 Å². The predicted octanol–water partition coefficient (Wildman–Crippen LogP) is 1.66. The number of hydrogen-bond acceptors (Lipinski definition) is 5. The number of imidazole rings is 1. The number of rotatable bonds is 6. The molecule has 0 amide bonds. The van der Waals surface area contributed by atoms with E-state index >= 15 is 0 Å². The SMILES string of the molecule is CCc1cnc(Cn2ccnc2SCC(=O)O)o1. The first-order valence-corrected chi connectivity index (χ1v) is 6.47. The van der Waals surface area contributed by atoms with Crippen LogP contribution < -0.4 is 0 Å². The Morgan fingerprint density at radius 1 is 1.56 bits per heavy atom. The van der Waals surface area contributed by atoms with E-state index in [1.54, 1.807) is 18.6 Å². The van der Waals surface area contributed by atoms with Crippen LogP contribution in [0.15, 0.2) is 28.2 Å². The first-order valence-electron chi connectivity index (χ1n) is 5.48. The molecule has 0 saturated heterocycles. The van der Waals surface area contributed by atoms with Gasteiger partial charge in [-0.1, -0.05) is 18.7 Å². The minimum absolute atomic E-state index is 0.0111. The van der Waals surface area contributed by atoms with Crippen molar-refractivity contribution in [2.24, 2.45) is 0 Å². The van der Waals surface area contributed by atoms with Crippen LogP contribution in [0.3, 0.4) is 0 Å². The second-order valence-corrected chi connectivity index (χ2v) is 4.54. The number of hydrogen-bond donors (Lipinski definition) is 1. The molecule has 0 aliphatic carbocycles. The summed E-state index contributed by atoms with van der Waals surface area (Å²) in [4.78, 5) is 18.8. The van der Waals surface area contributed by atoms with E-state index in [2.05, 4.69) is 9.97 Å². The summed E-state index contributed by atoms with van der Waals surface area (Å²) in [5.74, 6) is 0.564. The lowest BCUT2D eigenvalue weighted by Gasteiger charge is -2.03. The number of aryl methyl sites for hydroxylation is 1. The smallest absolute Gasteiger partial charge is 0.313 e. The number of nitrogens with zero attached hydrogens (tertiary/aromatic N) is 3. The summed E-state index contributed by atoms with van der Waals surface area (Å²) in [7, 11) is 0. The van der Waals surface area contributed by atoms with Gasteiger partial charge in [-0.05, 0) is 0 Å². The highest BCUT2D eigenvalue weighted by molar-refractivity contribution is 7.99. The molecular weight excluding hydrogens is 254 g/mol. The van der Waals surface area contributed by atoms with Gasteiger partial charge in [0.1, 0.15) is 12.3 Å². The highest BCUT2D eigenvalue weighted by Gasteiger charge is 2.09. The minimum atomic E-state index is -0.862. The van der Waals surface area contributed by atoms with E-state index in [-0.39, 0.29) is 5.75 Å². The van der Waals surface area contributed by atoms with Crippen molar-refractivity contribution in [3.63, 3.8) is 0 Å². The Labute approximate surface area is 108 Å². The zero-order chi connectivity index (χ0) is 13.0. The summed E-state index contributed by atoms with van der Waals surface area (Å²) >= 11 is 1.18. The van der Waals surface area contributed by atoms with Crippen molar-refractivity contribution < 1.29 is 14.3 Å². The standard InChI is InChI=1S/C11H13N3O3S/c1-2-8-5-13-9(17-8)6-14-4-3-12-11(14)18-7-10(15)16/h3-5H,2,6-7H2,1H3,(H,15,16). The third-order valence-electron chi connectivity index (χ3n) is 2.26. The minimum Gasteiger partial charge on any atom is -0.481 e. The van der Waals surface area contributed by atoms with Gasteiger partial charge in [-0.2, -0.15) is 0 Å². The first-order chi connectivity index (χ1) is 8.69. The molecule has 0 radical (unpaired) electrons. The zero-order valence-corrected chi connectivity index (χ0v) is 10.7. The highest BCUT2D eigenvalue weighted by Crippen LogP contribution is 2.17. The van der Waals surface area contributed by atoms with E-state index < -0.39 is 5.97 Å². The molecule has 2 aromatic heterocycles. The number of aliphatic carboxylic acids is 1. The van der Waals surface area contributed by atoms with Crippen molar-refractivity contribution in [2.45, 2.75) is 25.0 Å². The molecule has 0 atom stereocenters. The van der Waals surface area contributed by atoms with Crippen molar-refractivity contribution in [3.8, 4) is 0 Å². The zero-order valence-electron chi connectivity index (χ0n) is 9.87. The Morgan fingerprint density at radius 3 is 3.06 bits per heavy atom. The number of thioether (sulfide) groups is 1. The quantitative estimate of drug-likeness (QED) is 0.802. The molecule has 0 saturated carbocycles. The molecule has 0 aromatic carbocycles. The molecule has 0 bridgehead atoms. The molecule has 0 aliphatic heterocycles. The lowest BCUT2D eigenvalue weighted by Crippen LogP contribution is -2.03. The Morgan fingerprint density at radius 2 is 2.39 bits per heavy atom. The highest BCUT2D eigenvalue weighted by atomic mass is 32.2. The number of oxazole rings is 1. The van der Waals surface area contributed by atoms with Gasteiger partial charge in [0.05, 0.1) is 11.9 Å². The van der Waals surface area contributed by atoms with Crippen molar-refractivity contribution in [1.82, 2.24) is 14.5 Å². The molecule has 96 valence electrons. The monoisotopic (exact) mass is 267 g/mol. The molecule has 6 nitrogen and oxygen atoms in total. The Kier molecular flexibility index (Phi) is 4.03. The summed E-state index contributed by atoms with van der Waals surface area (Å²) in [5.41, 5.74) is 0. The Balaban J connectivity index is 2.04. The lowest BCUT2D eigenvalue weighted by molar-refractivity contribution is -0.133. The molecule has 0 spiro atoms. The number of carbonyl (C=O) groups is 1. The third kappa shape index (κ3) is 3.13. The van der Waals surface area contributed by atoms with E-state index in [4.69, 9.17) is 9.52 Å². The molecule has 7 heteroatoms. The molecule has 2 heterocycles. The van der Waals surface area contributed by atoms with Crippen molar-refractivity contribution in [3.05, 3.63) is 30.2 Å². The molecule has 2 rings (SSSR count). The fourth-order valence-electron chi connectivity index (χ4n) is 1.41. The fourth-order valence-corrected chi connectivity index (χ4v) is 2.09. The van der Waals surface area contributed by atoms with Crippen LogP contribution in [0.25, 0.3) is 0 Å². The maximum atomic E-state index is 10.5. The van der Waals surface area contributed by atoms with Gasteiger partial charge in [-0.15, -0.1) is 0 Å². The third-order valence-corrected chi connectivity index (χ3v) is 3.25. The summed E-state index contributed by atoms with van der Waals surface area (Å²) < 4.78 is 7.32. The van der Waals surface area contributed by atoms with E-state index in [9.17, 15) is 4.79 Å². The summed E-state index contributed by atoms with van der Waals surface area (Å²) in [5, 5.41) is 9.29. The van der Waals surface area contributed by atoms with Crippen molar-refractivity contribution in [1.29, 1.82) is 0 Å². The fraction of sp³-hybridized carbons (Fsp3) is 0.364. The predicted molar refractivity (Wildman–Crippen MR) is 65.6 cm³/mol. The Hall–Kier alpha value is -1.76. The lowest BCUT2D eigenvalue weighted by atomic mass is 10.4. The first kappa shape index (κ1) is 12.7. The summed E-state index contributed by atoms with van der Waals surface area (Å²) in [6, 6.07) is 0. The van der Waals surface area contributed by atoms with Gasteiger partial charge in [0, 0.05) is 18.8 Å². The van der Waals surface area contributed by atoms with Gasteiger partial charge in [-0.25, -0.2) is 9.97 Å². The van der Waals surface area contributed by atoms with Gasteiger partial charge < -0.3 is 14.1 Å². The number of aromatic nitrogens is 3. The molecule has 0 aliphatic rings. The average molecular weight is 267 g/mol. The average Bonchev–Trinajstić information content (AvgIpc) is 2.96. The van der Waals surface area contributed by atoms with Crippen LogP contribution in [0.1, 0.15) is 18.6 Å². The van der Waals surface area contributed by atoms with Gasteiger partial charge in [0.25, 0.3) is 0 Å². The normalized spacial score (nSPS) is 10.7. The molecule has 0 unspecified atom stereocenters.